The van der Waals surface area contributed by atoms with E-state index in [-0.39, 0.29) is 18.8 Å². The van der Waals surface area contributed by atoms with Crippen LogP contribution in [0.3, 0.4) is 0 Å². The smallest absolute Gasteiger partial charge is 0.303 e. The Morgan fingerprint density at radius 2 is 0.604 bits per heavy atom. The van der Waals surface area contributed by atoms with E-state index in [9.17, 15) is 9.59 Å². The highest BCUT2D eigenvalue weighted by Crippen LogP contribution is 2.22. The van der Waals surface area contributed by atoms with Crippen LogP contribution < -0.4 is 0 Å². The van der Waals surface area contributed by atoms with Gasteiger partial charge in [-0.25, -0.2) is 0 Å². The van der Waals surface area contributed by atoms with Crippen molar-refractivity contribution in [2.24, 2.45) is 5.92 Å². The van der Waals surface area contributed by atoms with Crippen LogP contribution >= 0.6 is 25.3 Å². The van der Waals surface area contributed by atoms with Crippen LogP contribution in [-0.4, -0.2) is 33.7 Å². The fourth-order valence-electron chi connectivity index (χ4n) is 6.59. The fraction of sp³-hybridized carbons (Fsp3) is 0.952. The van der Waals surface area contributed by atoms with Crippen LogP contribution in [0.5, 0.6) is 0 Å². The molecule has 0 radical (unpaired) electrons. The molecule has 0 aromatic carbocycles. The maximum atomic E-state index is 10.7. The minimum atomic E-state index is -0.783. The van der Waals surface area contributed by atoms with Gasteiger partial charge in [0.2, 0.25) is 0 Å². The van der Waals surface area contributed by atoms with E-state index in [1.165, 1.54) is 193 Å². The summed E-state index contributed by atoms with van der Waals surface area (Å²) < 4.78 is 0. The molecular formula is C42H84O4S2. The molecule has 0 aromatic heterocycles. The van der Waals surface area contributed by atoms with Gasteiger partial charge in [-0.1, -0.05) is 200 Å². The minimum absolute atomic E-state index is 0.153. The van der Waals surface area contributed by atoms with Gasteiger partial charge in [0.05, 0.1) is 0 Å². The number of carboxylic acid groups (broad SMARTS) is 2. The summed E-state index contributed by atoms with van der Waals surface area (Å²) in [5.74, 6) is 0.771. The second-order valence-electron chi connectivity index (χ2n) is 14.6. The molecule has 0 fully saturated rings. The number of carbonyl (C=O) groups is 2. The van der Waals surface area contributed by atoms with Gasteiger partial charge in [-0.05, 0) is 43.1 Å². The molecule has 0 saturated heterocycles. The number of hydrogen-bond acceptors (Lipinski definition) is 4. The molecule has 4 nitrogen and oxygen atoms in total. The van der Waals surface area contributed by atoms with Crippen LogP contribution in [0.2, 0.25) is 0 Å². The number of thiol groups is 2. The first kappa shape index (κ1) is 49.8. The summed E-state index contributed by atoms with van der Waals surface area (Å²) in [5.41, 5.74) is 0. The van der Waals surface area contributed by atoms with E-state index in [0.29, 0.717) is 12.8 Å². The zero-order valence-electron chi connectivity index (χ0n) is 32.1. The van der Waals surface area contributed by atoms with Crippen molar-refractivity contribution in [2.75, 3.05) is 11.5 Å². The van der Waals surface area contributed by atoms with Crippen molar-refractivity contribution >= 4 is 37.2 Å². The van der Waals surface area contributed by atoms with Crippen molar-refractivity contribution < 1.29 is 19.8 Å². The van der Waals surface area contributed by atoms with Crippen molar-refractivity contribution in [1.82, 2.24) is 0 Å². The second-order valence-corrected chi connectivity index (χ2v) is 15.5. The molecule has 0 amide bonds. The molecule has 0 unspecified atom stereocenters. The van der Waals surface area contributed by atoms with Crippen LogP contribution in [0.1, 0.15) is 238 Å². The highest BCUT2D eigenvalue weighted by molar-refractivity contribution is 7.80. The van der Waals surface area contributed by atoms with Gasteiger partial charge in [-0.15, -0.1) is 0 Å². The maximum absolute atomic E-state index is 10.7. The van der Waals surface area contributed by atoms with Crippen molar-refractivity contribution in [3.63, 3.8) is 0 Å². The molecule has 0 rings (SSSR count). The van der Waals surface area contributed by atoms with Crippen LogP contribution in [0.4, 0.5) is 0 Å². The summed E-state index contributed by atoms with van der Waals surface area (Å²) in [7, 11) is 0. The zero-order chi connectivity index (χ0) is 35.6. The van der Waals surface area contributed by atoms with E-state index < -0.39 is 11.9 Å². The van der Waals surface area contributed by atoms with E-state index in [2.05, 4.69) is 32.2 Å². The number of rotatable bonds is 39. The normalized spacial score (nSPS) is 11.2. The third kappa shape index (κ3) is 47.8. The summed E-state index contributed by atoms with van der Waals surface area (Å²) in [4.78, 5) is 21.5. The quantitative estimate of drug-likeness (QED) is 0.0377. The van der Waals surface area contributed by atoms with Gasteiger partial charge in [-0.3, -0.25) is 9.59 Å². The van der Waals surface area contributed by atoms with Gasteiger partial charge in [0, 0.05) is 12.8 Å². The summed E-state index contributed by atoms with van der Waals surface area (Å²) in [6.45, 7) is 2.29. The molecule has 2 N–H and O–H groups in total. The first-order valence-electron chi connectivity index (χ1n) is 21.1. The Labute approximate surface area is 311 Å². The fourth-order valence-corrected chi connectivity index (χ4v) is 7.04. The monoisotopic (exact) mass is 717 g/mol. The van der Waals surface area contributed by atoms with Gasteiger partial charge in [0.15, 0.2) is 0 Å². The van der Waals surface area contributed by atoms with Gasteiger partial charge in [0.25, 0.3) is 0 Å². The molecule has 48 heavy (non-hydrogen) atoms. The summed E-state index contributed by atoms with van der Waals surface area (Å²) >= 11 is 8.49. The lowest BCUT2D eigenvalue weighted by molar-refractivity contribution is -0.137. The lowest BCUT2D eigenvalue weighted by Gasteiger charge is -2.14. The summed E-state index contributed by atoms with van der Waals surface area (Å²) in [5, 5.41) is 17.7. The molecule has 0 bridgehead atoms. The second kappa shape index (κ2) is 44.7. The van der Waals surface area contributed by atoms with E-state index in [4.69, 9.17) is 10.2 Å². The SMILES string of the molecule is CCCCCCCCCCCCCCCCCCS.O=C(O)CCC(CCCCCCCCCCCCCCCCCS)CCC(=O)O. The average Bonchev–Trinajstić information content (AvgIpc) is 3.07. The van der Waals surface area contributed by atoms with Crippen LogP contribution in [-0.2, 0) is 9.59 Å². The van der Waals surface area contributed by atoms with Gasteiger partial charge >= 0.3 is 11.9 Å². The maximum Gasteiger partial charge on any atom is 0.303 e. The first-order valence-corrected chi connectivity index (χ1v) is 22.4. The van der Waals surface area contributed by atoms with E-state index in [1.54, 1.807) is 0 Å². The third-order valence-electron chi connectivity index (χ3n) is 9.82. The molecule has 0 atom stereocenters. The Kier molecular flexibility index (Phi) is 46.3. The standard InChI is InChI=1S/C24H46O4S.C18H38S/c25-23(26)19-17-22(18-20-24(27)28)16-14-12-10-8-6-4-2-1-3-5-7-9-11-13-15-21-29;1-2-3-4-5-6-7-8-9-10-11-12-13-14-15-16-17-18-19/h22,29H,1-21H2,(H,25,26)(H,27,28);19H,2-18H2,1H3. The van der Waals surface area contributed by atoms with E-state index in [0.717, 1.165) is 24.3 Å². The first-order chi connectivity index (χ1) is 23.5. The van der Waals surface area contributed by atoms with Crippen molar-refractivity contribution in [1.29, 1.82) is 0 Å². The van der Waals surface area contributed by atoms with Crippen molar-refractivity contribution in [3.8, 4) is 0 Å². The lowest BCUT2D eigenvalue weighted by atomic mass is 9.91. The van der Waals surface area contributed by atoms with Crippen LogP contribution in [0, 0.1) is 5.92 Å². The molecule has 0 aliphatic heterocycles. The number of carboxylic acids is 2. The summed E-state index contributed by atoms with van der Waals surface area (Å²) in [6, 6.07) is 0. The van der Waals surface area contributed by atoms with E-state index >= 15 is 0 Å². The minimum Gasteiger partial charge on any atom is -0.481 e. The number of hydrogen-bond donors (Lipinski definition) is 4. The predicted molar refractivity (Wildman–Crippen MR) is 218 cm³/mol. The van der Waals surface area contributed by atoms with Crippen molar-refractivity contribution in [2.45, 2.75) is 238 Å². The highest BCUT2D eigenvalue weighted by Gasteiger charge is 2.12. The molecule has 288 valence electrons. The Hall–Kier alpha value is -0.360. The molecule has 0 saturated carbocycles. The average molecular weight is 717 g/mol. The molecule has 0 aliphatic rings. The van der Waals surface area contributed by atoms with Gasteiger partial charge < -0.3 is 10.2 Å². The molecule has 6 heteroatoms. The Morgan fingerprint density at radius 3 is 0.833 bits per heavy atom. The van der Waals surface area contributed by atoms with Crippen LogP contribution in [0.15, 0.2) is 0 Å². The Morgan fingerprint density at radius 1 is 0.375 bits per heavy atom. The lowest BCUT2D eigenvalue weighted by Crippen LogP contribution is -2.07. The molecular weight excluding hydrogens is 633 g/mol. The predicted octanol–water partition coefficient (Wildman–Crippen LogP) is 14.7. The Bertz CT molecular complexity index is 597. The van der Waals surface area contributed by atoms with Crippen LogP contribution in [0.25, 0.3) is 0 Å². The summed E-state index contributed by atoms with van der Waals surface area (Å²) in [6.07, 6.45) is 45.4. The van der Waals surface area contributed by atoms with Crippen molar-refractivity contribution in [3.05, 3.63) is 0 Å². The number of unbranched alkanes of at least 4 members (excludes halogenated alkanes) is 29. The molecule has 0 spiro atoms. The van der Waals surface area contributed by atoms with E-state index in [1.807, 2.05) is 0 Å². The van der Waals surface area contributed by atoms with Gasteiger partial charge in [0.1, 0.15) is 0 Å². The Balaban J connectivity index is 0. The highest BCUT2D eigenvalue weighted by atomic mass is 32.1. The van der Waals surface area contributed by atoms with Gasteiger partial charge in [-0.2, -0.15) is 25.3 Å². The topological polar surface area (TPSA) is 74.6 Å². The molecule has 0 aliphatic carbocycles. The zero-order valence-corrected chi connectivity index (χ0v) is 33.8. The number of aliphatic carboxylic acids is 2. The largest absolute Gasteiger partial charge is 0.481 e. The molecule has 0 aromatic rings. The molecule has 0 heterocycles. The third-order valence-corrected chi connectivity index (χ3v) is 10.4.